The van der Waals surface area contributed by atoms with E-state index in [9.17, 15) is 13.2 Å². The molecule has 6 nitrogen and oxygen atoms in total. The quantitative estimate of drug-likeness (QED) is 0.896. The minimum Gasteiger partial charge on any atom is -0.478 e. The zero-order valence-electron chi connectivity index (χ0n) is 15.0. The molecule has 0 spiro atoms. The van der Waals surface area contributed by atoms with Gasteiger partial charge in [-0.25, -0.2) is 8.42 Å². The van der Waals surface area contributed by atoms with Crippen LogP contribution in [0.5, 0.6) is 5.75 Å². The lowest BCUT2D eigenvalue weighted by atomic mass is 10.1. The van der Waals surface area contributed by atoms with Gasteiger partial charge in [0, 0.05) is 18.7 Å². The van der Waals surface area contributed by atoms with Gasteiger partial charge in [-0.2, -0.15) is 0 Å². The lowest BCUT2D eigenvalue weighted by Crippen LogP contribution is -2.36. The van der Waals surface area contributed by atoms with Crippen LogP contribution in [0.3, 0.4) is 0 Å². The summed E-state index contributed by atoms with van der Waals surface area (Å²) in [5.74, 6) is 0.0976. The van der Waals surface area contributed by atoms with Crippen molar-refractivity contribution in [1.82, 2.24) is 0 Å². The molecule has 1 amide bonds. The van der Waals surface area contributed by atoms with E-state index in [1.54, 1.807) is 24.3 Å². The summed E-state index contributed by atoms with van der Waals surface area (Å²) in [5, 5.41) is 2.90. The Morgan fingerprint density at radius 2 is 1.88 bits per heavy atom. The van der Waals surface area contributed by atoms with E-state index in [4.69, 9.17) is 4.74 Å². The molecule has 0 aliphatic carbocycles. The molecule has 0 aromatic heterocycles. The maximum Gasteiger partial charge on any atom is 0.265 e. The smallest absolute Gasteiger partial charge is 0.265 e. The lowest BCUT2D eigenvalue weighted by Gasteiger charge is -2.20. The van der Waals surface area contributed by atoms with Crippen LogP contribution in [0.1, 0.15) is 17.5 Å². The summed E-state index contributed by atoms with van der Waals surface area (Å²) in [5.41, 5.74) is 3.26. The van der Waals surface area contributed by atoms with E-state index in [2.05, 4.69) is 5.32 Å². The van der Waals surface area contributed by atoms with E-state index in [0.717, 1.165) is 23.1 Å². The molecule has 0 fully saturated rings. The van der Waals surface area contributed by atoms with Gasteiger partial charge in [0.15, 0.2) is 6.10 Å². The van der Waals surface area contributed by atoms with Gasteiger partial charge in [0.1, 0.15) is 5.75 Å². The normalized spacial score (nSPS) is 17.0. The number of sulfonamides is 1. The molecular weight excluding hydrogens is 352 g/mol. The molecule has 0 unspecified atom stereocenters. The Bertz CT molecular complexity index is 940. The average molecular weight is 374 g/mol. The van der Waals surface area contributed by atoms with Crippen LogP contribution in [-0.2, 0) is 14.8 Å². The molecule has 0 saturated carbocycles. The van der Waals surface area contributed by atoms with Gasteiger partial charge in [-0.3, -0.25) is 9.10 Å². The first-order valence-corrected chi connectivity index (χ1v) is 10.2. The molecule has 1 N–H and O–H groups in total. The van der Waals surface area contributed by atoms with Crippen LogP contribution in [0.25, 0.3) is 0 Å². The first kappa shape index (κ1) is 18.3. The standard InChI is InChI=1S/C19H22N2O4S/c1-13-7-6-8-15(14(13)2)20-19(22)18-11-12-21(26(3,23)24)16-9-4-5-10-17(16)25-18/h4-10,18H,11-12H2,1-3H3,(H,20,22)/t18-/m1/s1. The summed E-state index contributed by atoms with van der Waals surface area (Å²) in [6, 6.07) is 12.6. The fourth-order valence-electron chi connectivity index (χ4n) is 2.96. The SMILES string of the molecule is Cc1cccc(NC(=O)[C@H]2CCN(S(C)(=O)=O)c3ccccc3O2)c1C. The predicted octanol–water partition coefficient (Wildman–Crippen LogP) is 2.86. The Labute approximate surface area is 153 Å². The number of hydrogen-bond acceptors (Lipinski definition) is 4. The maximum absolute atomic E-state index is 12.7. The Hall–Kier alpha value is -2.54. The second kappa shape index (κ2) is 6.99. The maximum atomic E-state index is 12.7. The molecule has 3 rings (SSSR count). The van der Waals surface area contributed by atoms with Crippen LogP contribution in [0.15, 0.2) is 42.5 Å². The van der Waals surface area contributed by atoms with Crippen molar-refractivity contribution >= 4 is 27.3 Å². The fourth-order valence-corrected chi connectivity index (χ4v) is 3.90. The Kier molecular flexibility index (Phi) is 4.91. The molecule has 26 heavy (non-hydrogen) atoms. The first-order valence-electron chi connectivity index (χ1n) is 8.38. The summed E-state index contributed by atoms with van der Waals surface area (Å²) in [6.45, 7) is 4.10. The minimum absolute atomic E-state index is 0.181. The highest BCUT2D eigenvalue weighted by Gasteiger charge is 2.31. The molecule has 0 bridgehead atoms. The van der Waals surface area contributed by atoms with E-state index in [1.165, 1.54) is 4.31 Å². The van der Waals surface area contributed by atoms with Crippen LogP contribution < -0.4 is 14.4 Å². The van der Waals surface area contributed by atoms with Gasteiger partial charge < -0.3 is 10.1 Å². The number of ether oxygens (including phenoxy) is 1. The van der Waals surface area contributed by atoms with Crippen molar-refractivity contribution in [1.29, 1.82) is 0 Å². The molecule has 2 aromatic rings. The van der Waals surface area contributed by atoms with Crippen molar-refractivity contribution in [3.8, 4) is 5.75 Å². The van der Waals surface area contributed by atoms with Crippen LogP contribution in [0.2, 0.25) is 0 Å². The van der Waals surface area contributed by atoms with Crippen molar-refractivity contribution < 1.29 is 17.9 Å². The molecule has 138 valence electrons. The third-order valence-electron chi connectivity index (χ3n) is 4.55. The van der Waals surface area contributed by atoms with Gasteiger partial charge in [-0.05, 0) is 43.2 Å². The van der Waals surface area contributed by atoms with E-state index >= 15 is 0 Å². The van der Waals surface area contributed by atoms with Crippen LogP contribution in [0.4, 0.5) is 11.4 Å². The van der Waals surface area contributed by atoms with Gasteiger partial charge >= 0.3 is 0 Å². The monoisotopic (exact) mass is 374 g/mol. The summed E-state index contributed by atoms with van der Waals surface area (Å²) < 4.78 is 31.4. The summed E-state index contributed by atoms with van der Waals surface area (Å²) in [7, 11) is -3.46. The number of nitrogens with zero attached hydrogens (tertiary/aromatic N) is 1. The molecule has 1 aliphatic rings. The number of hydrogen-bond donors (Lipinski definition) is 1. The molecule has 1 aliphatic heterocycles. The number of carbonyl (C=O) groups excluding carboxylic acids is 1. The molecule has 0 radical (unpaired) electrons. The minimum atomic E-state index is -3.46. The number of para-hydroxylation sites is 2. The second-order valence-corrected chi connectivity index (χ2v) is 8.34. The van der Waals surface area contributed by atoms with E-state index < -0.39 is 16.1 Å². The zero-order chi connectivity index (χ0) is 18.9. The molecule has 1 heterocycles. The largest absolute Gasteiger partial charge is 0.478 e. The van der Waals surface area contributed by atoms with Crippen LogP contribution in [0, 0.1) is 13.8 Å². The fraction of sp³-hybridized carbons (Fsp3) is 0.316. The summed E-state index contributed by atoms with van der Waals surface area (Å²) in [6.07, 6.45) is 0.640. The van der Waals surface area contributed by atoms with Gasteiger partial charge in [0.25, 0.3) is 5.91 Å². The predicted molar refractivity (Wildman–Crippen MR) is 102 cm³/mol. The summed E-state index contributed by atoms with van der Waals surface area (Å²) >= 11 is 0. The van der Waals surface area contributed by atoms with E-state index in [-0.39, 0.29) is 18.9 Å². The highest BCUT2D eigenvalue weighted by atomic mass is 32.2. The first-order chi connectivity index (χ1) is 12.3. The molecule has 2 aromatic carbocycles. The molecular formula is C19H22N2O4S. The van der Waals surface area contributed by atoms with Gasteiger partial charge in [-0.1, -0.05) is 24.3 Å². The van der Waals surface area contributed by atoms with E-state index in [0.29, 0.717) is 11.4 Å². The Balaban J connectivity index is 1.87. The van der Waals surface area contributed by atoms with Crippen LogP contribution >= 0.6 is 0 Å². The van der Waals surface area contributed by atoms with Crippen molar-refractivity contribution in [2.45, 2.75) is 26.4 Å². The number of aryl methyl sites for hydroxylation is 1. The van der Waals surface area contributed by atoms with E-state index in [1.807, 2.05) is 32.0 Å². The zero-order valence-corrected chi connectivity index (χ0v) is 15.8. The van der Waals surface area contributed by atoms with Crippen molar-refractivity contribution in [2.75, 3.05) is 22.4 Å². The average Bonchev–Trinajstić information content (AvgIpc) is 2.78. The third-order valence-corrected chi connectivity index (χ3v) is 5.73. The van der Waals surface area contributed by atoms with Crippen molar-refractivity contribution in [3.63, 3.8) is 0 Å². The topological polar surface area (TPSA) is 75.7 Å². The van der Waals surface area contributed by atoms with Crippen molar-refractivity contribution in [3.05, 3.63) is 53.6 Å². The Morgan fingerprint density at radius 3 is 2.62 bits per heavy atom. The molecule has 7 heteroatoms. The number of benzene rings is 2. The van der Waals surface area contributed by atoms with Crippen molar-refractivity contribution in [2.24, 2.45) is 0 Å². The second-order valence-electron chi connectivity index (χ2n) is 6.43. The van der Waals surface area contributed by atoms with Gasteiger partial charge in [-0.15, -0.1) is 0 Å². The number of anilines is 2. The van der Waals surface area contributed by atoms with Gasteiger partial charge in [0.2, 0.25) is 10.0 Å². The van der Waals surface area contributed by atoms with Gasteiger partial charge in [0.05, 0.1) is 11.9 Å². The summed E-state index contributed by atoms with van der Waals surface area (Å²) in [4.78, 5) is 12.7. The number of nitrogens with one attached hydrogen (secondary N) is 1. The highest BCUT2D eigenvalue weighted by Crippen LogP contribution is 2.34. The molecule has 1 atom stereocenters. The number of rotatable bonds is 3. The van der Waals surface area contributed by atoms with Crippen LogP contribution in [-0.4, -0.2) is 33.2 Å². The number of carbonyl (C=O) groups is 1. The highest BCUT2D eigenvalue weighted by molar-refractivity contribution is 7.92. The number of fused-ring (bicyclic) bond motifs is 1. The number of amides is 1. The molecule has 0 saturated heterocycles. The third kappa shape index (κ3) is 3.67. The lowest BCUT2D eigenvalue weighted by molar-refractivity contribution is -0.122. The Morgan fingerprint density at radius 1 is 1.15 bits per heavy atom.